The summed E-state index contributed by atoms with van der Waals surface area (Å²) in [5.41, 5.74) is 1.10. The first-order valence-electron chi connectivity index (χ1n) is 6.24. The summed E-state index contributed by atoms with van der Waals surface area (Å²) in [5.74, 6) is 0.853. The van der Waals surface area contributed by atoms with Crippen molar-refractivity contribution in [1.29, 1.82) is 0 Å². The van der Waals surface area contributed by atoms with Crippen LogP contribution in [0.1, 0.15) is 12.5 Å². The molecule has 0 aliphatic rings. The van der Waals surface area contributed by atoms with Gasteiger partial charge in [0.05, 0.1) is 26.4 Å². The molecule has 0 saturated heterocycles. The molecule has 4 nitrogen and oxygen atoms in total. The van der Waals surface area contributed by atoms with Gasteiger partial charge in [-0.3, -0.25) is 0 Å². The summed E-state index contributed by atoms with van der Waals surface area (Å²) in [4.78, 5) is 0. The highest BCUT2D eigenvalue weighted by Crippen LogP contribution is 2.13. The van der Waals surface area contributed by atoms with Crippen LogP contribution in [0.3, 0.4) is 0 Å². The highest BCUT2D eigenvalue weighted by Gasteiger charge is 2.08. The number of rotatable bonds is 9. The lowest BCUT2D eigenvalue weighted by Gasteiger charge is -2.17. The Balaban J connectivity index is 2.44. The van der Waals surface area contributed by atoms with Crippen LogP contribution in [0.15, 0.2) is 24.3 Å². The van der Waals surface area contributed by atoms with E-state index in [4.69, 9.17) is 14.2 Å². The van der Waals surface area contributed by atoms with E-state index in [1.54, 1.807) is 14.2 Å². The fourth-order valence-electron chi connectivity index (χ4n) is 1.63. The Hall–Kier alpha value is -1.10. The van der Waals surface area contributed by atoms with Crippen molar-refractivity contribution in [2.75, 3.05) is 33.9 Å². The Morgan fingerprint density at radius 1 is 1.28 bits per heavy atom. The monoisotopic (exact) mass is 253 g/mol. The lowest BCUT2D eigenvalue weighted by molar-refractivity contribution is -0.00989. The van der Waals surface area contributed by atoms with Crippen LogP contribution in [0.2, 0.25) is 0 Å². The molecule has 0 aliphatic heterocycles. The van der Waals surface area contributed by atoms with E-state index >= 15 is 0 Å². The van der Waals surface area contributed by atoms with Crippen LogP contribution in [-0.4, -0.2) is 40.0 Å². The second kappa shape index (κ2) is 8.91. The van der Waals surface area contributed by atoms with E-state index in [1.165, 1.54) is 0 Å². The van der Waals surface area contributed by atoms with Crippen LogP contribution in [0.25, 0.3) is 0 Å². The fourth-order valence-corrected chi connectivity index (χ4v) is 1.63. The Kier molecular flexibility index (Phi) is 7.41. The summed E-state index contributed by atoms with van der Waals surface area (Å²) in [6, 6.07) is 7.90. The van der Waals surface area contributed by atoms with Crippen LogP contribution >= 0.6 is 0 Å². The van der Waals surface area contributed by atoms with Gasteiger partial charge in [0.2, 0.25) is 0 Å². The van der Waals surface area contributed by atoms with Gasteiger partial charge in [-0.05, 0) is 24.2 Å². The summed E-state index contributed by atoms with van der Waals surface area (Å²) in [5, 5.41) is 3.26. The van der Waals surface area contributed by atoms with E-state index in [9.17, 15) is 0 Å². The van der Waals surface area contributed by atoms with Gasteiger partial charge in [-0.25, -0.2) is 0 Å². The molecular weight excluding hydrogens is 230 g/mol. The van der Waals surface area contributed by atoms with Crippen LogP contribution in [0.5, 0.6) is 5.75 Å². The lowest BCUT2D eigenvalue weighted by atomic mass is 10.2. The van der Waals surface area contributed by atoms with E-state index < -0.39 is 0 Å². The van der Waals surface area contributed by atoms with E-state index in [1.807, 2.05) is 24.3 Å². The third-order valence-corrected chi connectivity index (χ3v) is 2.59. The SMILES string of the molecule is CCNCC(COC)OCc1cccc(OC)c1. The predicted molar refractivity (Wildman–Crippen MR) is 72.0 cm³/mol. The molecule has 1 aromatic carbocycles. The fraction of sp³-hybridized carbons (Fsp3) is 0.571. The number of hydrogen-bond donors (Lipinski definition) is 1. The van der Waals surface area contributed by atoms with E-state index in [-0.39, 0.29) is 6.10 Å². The lowest BCUT2D eigenvalue weighted by Crippen LogP contribution is -2.32. The molecule has 1 rings (SSSR count). The molecule has 102 valence electrons. The van der Waals surface area contributed by atoms with Crippen molar-refractivity contribution in [3.8, 4) is 5.75 Å². The van der Waals surface area contributed by atoms with Crippen molar-refractivity contribution < 1.29 is 14.2 Å². The molecule has 0 spiro atoms. The highest BCUT2D eigenvalue weighted by atomic mass is 16.5. The number of methoxy groups -OCH3 is 2. The first-order chi connectivity index (χ1) is 8.80. The quantitative estimate of drug-likeness (QED) is 0.729. The van der Waals surface area contributed by atoms with Crippen LogP contribution in [0.4, 0.5) is 0 Å². The average molecular weight is 253 g/mol. The number of nitrogens with one attached hydrogen (secondary N) is 1. The average Bonchev–Trinajstić information content (AvgIpc) is 2.42. The Morgan fingerprint density at radius 2 is 2.11 bits per heavy atom. The van der Waals surface area contributed by atoms with Crippen LogP contribution in [0, 0.1) is 0 Å². The Morgan fingerprint density at radius 3 is 2.78 bits per heavy atom. The molecule has 4 heteroatoms. The first kappa shape index (κ1) is 15.0. The zero-order chi connectivity index (χ0) is 13.2. The van der Waals surface area contributed by atoms with Crippen molar-refractivity contribution in [3.63, 3.8) is 0 Å². The van der Waals surface area contributed by atoms with Crippen molar-refractivity contribution >= 4 is 0 Å². The second-order valence-electron chi connectivity index (χ2n) is 4.05. The molecule has 0 aliphatic carbocycles. The molecule has 18 heavy (non-hydrogen) atoms. The first-order valence-corrected chi connectivity index (χ1v) is 6.24. The Bertz CT molecular complexity index is 331. The van der Waals surface area contributed by atoms with Crippen LogP contribution in [-0.2, 0) is 16.1 Å². The third kappa shape index (κ3) is 5.49. The molecule has 1 atom stereocenters. The van der Waals surface area contributed by atoms with Gasteiger partial charge in [-0.2, -0.15) is 0 Å². The highest BCUT2D eigenvalue weighted by molar-refractivity contribution is 5.27. The predicted octanol–water partition coefficient (Wildman–Crippen LogP) is 1.84. The molecule has 0 fully saturated rings. The summed E-state index contributed by atoms with van der Waals surface area (Å²) in [6.07, 6.45) is 0.0705. The van der Waals surface area contributed by atoms with Crippen molar-refractivity contribution in [2.45, 2.75) is 19.6 Å². The molecule has 0 bridgehead atoms. The third-order valence-electron chi connectivity index (χ3n) is 2.59. The van der Waals surface area contributed by atoms with Gasteiger partial charge in [-0.15, -0.1) is 0 Å². The minimum absolute atomic E-state index is 0.0705. The molecule has 0 aromatic heterocycles. The van der Waals surface area contributed by atoms with Gasteiger partial charge < -0.3 is 19.5 Å². The minimum atomic E-state index is 0.0705. The van der Waals surface area contributed by atoms with Gasteiger partial charge in [0.15, 0.2) is 0 Å². The van der Waals surface area contributed by atoms with Gasteiger partial charge in [0.25, 0.3) is 0 Å². The van der Waals surface area contributed by atoms with Crippen molar-refractivity contribution in [3.05, 3.63) is 29.8 Å². The summed E-state index contributed by atoms with van der Waals surface area (Å²) < 4.78 is 16.2. The van der Waals surface area contributed by atoms with Crippen LogP contribution < -0.4 is 10.1 Å². The molecular formula is C14H23NO3. The molecule has 0 radical (unpaired) electrons. The molecule has 0 saturated carbocycles. The zero-order valence-electron chi connectivity index (χ0n) is 11.4. The molecule has 1 unspecified atom stereocenters. The molecule has 0 amide bonds. The smallest absolute Gasteiger partial charge is 0.119 e. The second-order valence-corrected chi connectivity index (χ2v) is 4.05. The number of ether oxygens (including phenoxy) is 3. The molecule has 0 heterocycles. The van der Waals surface area contributed by atoms with Gasteiger partial charge >= 0.3 is 0 Å². The number of benzene rings is 1. The van der Waals surface area contributed by atoms with Gasteiger partial charge in [0.1, 0.15) is 5.75 Å². The largest absolute Gasteiger partial charge is 0.497 e. The number of hydrogen-bond acceptors (Lipinski definition) is 4. The normalized spacial score (nSPS) is 12.4. The standard InChI is InChI=1S/C14H23NO3/c1-4-15-9-14(11-16-2)18-10-12-6-5-7-13(8-12)17-3/h5-8,14-15H,4,9-11H2,1-3H3. The minimum Gasteiger partial charge on any atom is -0.497 e. The molecule has 1 aromatic rings. The van der Waals surface area contributed by atoms with E-state index in [0.29, 0.717) is 13.2 Å². The van der Waals surface area contributed by atoms with Gasteiger partial charge in [-0.1, -0.05) is 19.1 Å². The maximum absolute atomic E-state index is 5.83. The van der Waals surface area contributed by atoms with Crippen molar-refractivity contribution in [2.24, 2.45) is 0 Å². The maximum atomic E-state index is 5.83. The summed E-state index contributed by atoms with van der Waals surface area (Å²) >= 11 is 0. The maximum Gasteiger partial charge on any atom is 0.119 e. The Labute approximate surface area is 109 Å². The van der Waals surface area contributed by atoms with E-state index in [2.05, 4.69) is 12.2 Å². The topological polar surface area (TPSA) is 39.7 Å². The molecule has 1 N–H and O–H groups in total. The van der Waals surface area contributed by atoms with Gasteiger partial charge in [0, 0.05) is 13.7 Å². The van der Waals surface area contributed by atoms with E-state index in [0.717, 1.165) is 24.4 Å². The summed E-state index contributed by atoms with van der Waals surface area (Å²) in [7, 11) is 3.35. The van der Waals surface area contributed by atoms with Crippen molar-refractivity contribution in [1.82, 2.24) is 5.32 Å². The summed E-state index contributed by atoms with van der Waals surface area (Å²) in [6.45, 7) is 4.97. The zero-order valence-corrected chi connectivity index (χ0v) is 11.4. The number of likely N-dealkylation sites (N-methyl/N-ethyl adjacent to an activating group) is 1.